The van der Waals surface area contributed by atoms with Gasteiger partial charge in [0.2, 0.25) is 5.91 Å². The Hall–Kier alpha value is -2.85. The minimum Gasteiger partial charge on any atom is -0.332 e. The number of rotatable bonds is 7. The highest BCUT2D eigenvalue weighted by molar-refractivity contribution is 7.90. The minimum absolute atomic E-state index is 0.0469. The number of hydrogen-bond acceptors (Lipinski definition) is 8. The Kier molecular flexibility index (Phi) is 6.76. The first-order chi connectivity index (χ1) is 15.7. The molecule has 1 aliphatic carbocycles. The molecule has 174 valence electrons. The van der Waals surface area contributed by atoms with Gasteiger partial charge in [-0.1, -0.05) is 48.5 Å². The molecule has 0 spiro atoms. The number of halogens is 1. The van der Waals surface area contributed by atoms with Crippen molar-refractivity contribution in [2.45, 2.75) is 49.8 Å². The lowest BCUT2D eigenvalue weighted by atomic mass is 9.87. The summed E-state index contributed by atoms with van der Waals surface area (Å²) in [5, 5.41) is 6.66. The first-order valence-corrected chi connectivity index (χ1v) is 12.9. The number of carbonyl (C=O) groups is 1. The molecule has 0 aliphatic heterocycles. The molecule has 9 nitrogen and oxygen atoms in total. The summed E-state index contributed by atoms with van der Waals surface area (Å²) in [5.74, 6) is 0.690. The molecule has 4 rings (SSSR count). The van der Waals surface area contributed by atoms with Crippen LogP contribution in [0.4, 0.5) is 5.82 Å². The highest BCUT2D eigenvalue weighted by Gasteiger charge is 2.28. The number of hydrogen-bond donors (Lipinski definition) is 1. The van der Waals surface area contributed by atoms with Crippen LogP contribution < -0.4 is 5.32 Å². The van der Waals surface area contributed by atoms with Gasteiger partial charge in [-0.15, -0.1) is 0 Å². The van der Waals surface area contributed by atoms with Crippen LogP contribution in [0.15, 0.2) is 40.0 Å². The molecule has 1 N–H and O–H groups in total. The monoisotopic (exact) mass is 489 g/mol. The summed E-state index contributed by atoms with van der Waals surface area (Å²) in [4.78, 5) is 25.9. The van der Waals surface area contributed by atoms with E-state index < -0.39 is 15.8 Å². The van der Waals surface area contributed by atoms with E-state index in [2.05, 4.69) is 25.4 Å². The standard InChI is InChI=1S/C22H24ClN5O4S/c1-13-26-22(32-28-13)18-11-25-20(12-24-18)27-21(29)16(9-14-5-3-4-6-14)15-7-8-19(17(23)10-15)33(2,30)31/h7-8,10-12,14,16H,3-6,9H2,1-2H3,(H,25,27,29). The Balaban J connectivity index is 1.56. The number of nitrogens with one attached hydrogen (secondary N) is 1. The fraction of sp³-hybridized carbons (Fsp3) is 0.409. The van der Waals surface area contributed by atoms with Gasteiger partial charge in [0.1, 0.15) is 5.69 Å². The van der Waals surface area contributed by atoms with Gasteiger partial charge in [0, 0.05) is 6.26 Å². The Bertz CT molecular complexity index is 1250. The molecule has 1 aliphatic rings. The van der Waals surface area contributed by atoms with Crippen LogP contribution in [0.3, 0.4) is 0 Å². The quantitative estimate of drug-likeness (QED) is 0.523. The molecular weight excluding hydrogens is 466 g/mol. The molecular formula is C22H24ClN5O4S. The van der Waals surface area contributed by atoms with Crippen LogP contribution in [0, 0.1) is 12.8 Å². The van der Waals surface area contributed by atoms with E-state index in [1.165, 1.54) is 18.5 Å². The van der Waals surface area contributed by atoms with Crippen molar-refractivity contribution >= 4 is 33.2 Å². The van der Waals surface area contributed by atoms with Crippen molar-refractivity contribution in [1.29, 1.82) is 0 Å². The molecule has 1 fully saturated rings. The summed E-state index contributed by atoms with van der Waals surface area (Å²) >= 11 is 6.26. The van der Waals surface area contributed by atoms with Crippen LogP contribution in [-0.4, -0.2) is 40.7 Å². The number of amides is 1. The molecule has 0 bridgehead atoms. The Labute approximate surface area is 196 Å². The van der Waals surface area contributed by atoms with Gasteiger partial charge in [-0.3, -0.25) is 4.79 Å². The lowest BCUT2D eigenvalue weighted by Gasteiger charge is -2.21. The van der Waals surface area contributed by atoms with Crippen molar-refractivity contribution in [2.75, 3.05) is 11.6 Å². The van der Waals surface area contributed by atoms with E-state index >= 15 is 0 Å². The van der Waals surface area contributed by atoms with Crippen molar-refractivity contribution in [3.63, 3.8) is 0 Å². The predicted octanol–water partition coefficient (Wildman–Crippen LogP) is 4.19. The molecule has 1 unspecified atom stereocenters. The van der Waals surface area contributed by atoms with Gasteiger partial charge in [0.05, 0.1) is 28.2 Å². The zero-order valence-corrected chi connectivity index (χ0v) is 19.9. The van der Waals surface area contributed by atoms with Crippen LogP contribution in [0.5, 0.6) is 0 Å². The van der Waals surface area contributed by atoms with Crippen LogP contribution >= 0.6 is 11.6 Å². The molecule has 1 aromatic carbocycles. The maximum atomic E-state index is 13.3. The van der Waals surface area contributed by atoms with Crippen molar-refractivity contribution in [3.8, 4) is 11.6 Å². The summed E-state index contributed by atoms with van der Waals surface area (Å²) in [6.45, 7) is 1.70. The van der Waals surface area contributed by atoms with Gasteiger partial charge in [0.25, 0.3) is 5.89 Å². The van der Waals surface area contributed by atoms with Crippen molar-refractivity contribution in [2.24, 2.45) is 5.92 Å². The largest absolute Gasteiger partial charge is 0.332 e. The van der Waals surface area contributed by atoms with E-state index in [0.717, 1.165) is 31.9 Å². The second kappa shape index (κ2) is 9.56. The smallest absolute Gasteiger partial charge is 0.278 e. The Morgan fingerprint density at radius 2 is 2.00 bits per heavy atom. The van der Waals surface area contributed by atoms with Gasteiger partial charge in [-0.25, -0.2) is 18.4 Å². The van der Waals surface area contributed by atoms with E-state index in [9.17, 15) is 13.2 Å². The van der Waals surface area contributed by atoms with E-state index in [1.54, 1.807) is 19.1 Å². The topological polar surface area (TPSA) is 128 Å². The normalized spacial score (nSPS) is 15.5. The molecule has 33 heavy (non-hydrogen) atoms. The average Bonchev–Trinajstić information content (AvgIpc) is 3.43. The van der Waals surface area contributed by atoms with Crippen molar-refractivity contribution in [1.82, 2.24) is 20.1 Å². The molecule has 0 saturated heterocycles. The van der Waals surface area contributed by atoms with E-state index in [1.807, 2.05) is 0 Å². The summed E-state index contributed by atoms with van der Waals surface area (Å²) in [7, 11) is -3.46. The third kappa shape index (κ3) is 5.56. The summed E-state index contributed by atoms with van der Waals surface area (Å²) in [6.07, 6.45) is 9.06. The molecule has 1 amide bonds. The fourth-order valence-electron chi connectivity index (χ4n) is 4.13. The highest BCUT2D eigenvalue weighted by Crippen LogP contribution is 2.36. The summed E-state index contributed by atoms with van der Waals surface area (Å²) < 4.78 is 28.9. The Morgan fingerprint density at radius 1 is 1.24 bits per heavy atom. The maximum Gasteiger partial charge on any atom is 0.278 e. The van der Waals surface area contributed by atoms with E-state index in [0.29, 0.717) is 29.4 Å². The van der Waals surface area contributed by atoms with Crippen molar-refractivity contribution in [3.05, 3.63) is 47.0 Å². The average molecular weight is 490 g/mol. The third-order valence-electron chi connectivity index (χ3n) is 5.77. The second-order valence-corrected chi connectivity index (χ2v) is 10.7. The van der Waals surface area contributed by atoms with Gasteiger partial charge >= 0.3 is 0 Å². The van der Waals surface area contributed by atoms with Crippen LogP contribution in [0.25, 0.3) is 11.6 Å². The summed E-state index contributed by atoms with van der Waals surface area (Å²) in [6, 6.07) is 4.70. The number of benzene rings is 1. The first kappa shape index (κ1) is 23.3. The second-order valence-electron chi connectivity index (χ2n) is 8.32. The van der Waals surface area contributed by atoms with E-state index in [-0.39, 0.29) is 27.5 Å². The lowest BCUT2D eigenvalue weighted by molar-refractivity contribution is -0.118. The minimum atomic E-state index is -3.46. The maximum absolute atomic E-state index is 13.3. The van der Waals surface area contributed by atoms with Crippen LogP contribution in [-0.2, 0) is 14.6 Å². The fourth-order valence-corrected chi connectivity index (χ4v) is 5.46. The molecule has 3 aromatic rings. The van der Waals surface area contributed by atoms with Gasteiger partial charge in [0.15, 0.2) is 21.5 Å². The van der Waals surface area contributed by atoms with Gasteiger partial charge in [-0.05, 0) is 37.0 Å². The zero-order chi connectivity index (χ0) is 23.6. The third-order valence-corrected chi connectivity index (χ3v) is 7.35. The van der Waals surface area contributed by atoms with Crippen molar-refractivity contribution < 1.29 is 17.7 Å². The Morgan fingerprint density at radius 3 is 2.58 bits per heavy atom. The molecule has 2 heterocycles. The van der Waals surface area contributed by atoms with Crippen LogP contribution in [0.2, 0.25) is 5.02 Å². The molecule has 0 radical (unpaired) electrons. The number of sulfone groups is 1. The van der Waals surface area contributed by atoms with Gasteiger partial charge in [-0.2, -0.15) is 4.98 Å². The SMILES string of the molecule is Cc1noc(-c2cnc(NC(=O)C(CC3CCCC3)c3ccc(S(C)(=O)=O)c(Cl)c3)cn2)n1. The number of nitrogens with zero attached hydrogens (tertiary/aromatic N) is 4. The lowest BCUT2D eigenvalue weighted by Crippen LogP contribution is -2.24. The number of carbonyl (C=O) groups excluding carboxylic acids is 1. The number of anilines is 1. The van der Waals surface area contributed by atoms with Crippen LogP contribution in [0.1, 0.15) is 49.4 Å². The number of aromatic nitrogens is 4. The number of aryl methyl sites for hydroxylation is 1. The zero-order valence-electron chi connectivity index (χ0n) is 18.3. The molecule has 1 saturated carbocycles. The first-order valence-electron chi connectivity index (χ1n) is 10.6. The molecule has 1 atom stereocenters. The van der Waals surface area contributed by atoms with E-state index in [4.69, 9.17) is 16.1 Å². The summed E-state index contributed by atoms with van der Waals surface area (Å²) in [5.41, 5.74) is 1.07. The molecule has 11 heteroatoms. The molecule has 2 aromatic heterocycles. The van der Waals surface area contributed by atoms with Gasteiger partial charge < -0.3 is 9.84 Å². The highest BCUT2D eigenvalue weighted by atomic mass is 35.5. The predicted molar refractivity (Wildman–Crippen MR) is 123 cm³/mol.